The summed E-state index contributed by atoms with van der Waals surface area (Å²) in [6, 6.07) is 0. The van der Waals surface area contributed by atoms with Gasteiger partial charge >= 0.3 is 26.2 Å². The predicted molar refractivity (Wildman–Crippen MR) is 21.5 cm³/mol. The molecule has 0 saturated carbocycles. The fraction of sp³-hybridized carbons (Fsp3) is 0. The van der Waals surface area contributed by atoms with Crippen LogP contribution in [0.5, 0.6) is 0 Å². The van der Waals surface area contributed by atoms with E-state index in [2.05, 4.69) is 0 Å². The molecule has 0 atom stereocenters. The van der Waals surface area contributed by atoms with Crippen LogP contribution >= 0.6 is 15.6 Å². The molecule has 0 amide bonds. The first-order chi connectivity index (χ1) is 4.00. The number of hydrogen-bond acceptors (Lipinski definition) is 8. The standard InChI is InChI=1S/2H3O4P.H4O.Zr/c2*1-5(2,3)4;;/h2*(H3,1,2,3,4);1H4;/q;;+2;+4/p-6. The number of rotatable bonds is 0. The fourth-order valence-electron chi connectivity index (χ4n) is 0. The van der Waals surface area contributed by atoms with Gasteiger partial charge < -0.3 is 44.0 Å². The van der Waals surface area contributed by atoms with Crippen LogP contribution < -0.4 is 29.4 Å². The van der Waals surface area contributed by atoms with E-state index in [9.17, 15) is 0 Å². The fourth-order valence-corrected chi connectivity index (χ4v) is 0. The molecule has 0 aromatic rings. The Labute approximate surface area is 86.0 Å². The van der Waals surface area contributed by atoms with E-state index in [-0.39, 0.29) is 31.7 Å². The number of hydrogen-bond donors (Lipinski definition) is 0. The van der Waals surface area contributed by atoms with Crippen molar-refractivity contribution >= 4 is 15.6 Å². The molecular formula is H4O9P2Zr. The Hall–Kier alpha value is 1.06. The van der Waals surface area contributed by atoms with Crippen molar-refractivity contribution in [3.8, 4) is 0 Å². The summed E-state index contributed by atoms with van der Waals surface area (Å²) in [4.78, 5) is 51.3. The van der Waals surface area contributed by atoms with Crippen LogP contribution in [-0.4, -0.2) is 0 Å². The molecule has 0 aliphatic heterocycles. The molecule has 0 aromatic heterocycles. The minimum atomic E-state index is -5.39. The summed E-state index contributed by atoms with van der Waals surface area (Å²) in [7, 11) is -10.8. The van der Waals surface area contributed by atoms with E-state index < -0.39 is 15.6 Å². The molecule has 12 heavy (non-hydrogen) atoms. The molecule has 0 bridgehead atoms. The van der Waals surface area contributed by atoms with E-state index in [0.29, 0.717) is 0 Å². The molecule has 0 aliphatic carbocycles. The van der Waals surface area contributed by atoms with Crippen molar-refractivity contribution in [1.29, 1.82) is 0 Å². The van der Waals surface area contributed by atoms with Crippen molar-refractivity contribution in [3.63, 3.8) is 0 Å². The molecule has 0 saturated heterocycles. The van der Waals surface area contributed by atoms with E-state index in [1.165, 1.54) is 0 Å². The third-order valence-corrected chi connectivity index (χ3v) is 0. The Bertz CT molecular complexity index is 125. The summed E-state index contributed by atoms with van der Waals surface area (Å²) in [5.41, 5.74) is 0. The molecule has 0 aromatic carbocycles. The average Bonchev–Trinajstić information content (AvgIpc) is 1.12. The second-order valence-corrected chi connectivity index (χ2v) is 2.68. The summed E-state index contributed by atoms with van der Waals surface area (Å²) < 4.78 is 17.1. The van der Waals surface area contributed by atoms with Crippen LogP contribution in [0.4, 0.5) is 0 Å². The van der Waals surface area contributed by atoms with Gasteiger partial charge in [0.05, 0.1) is 0 Å². The summed E-state index contributed by atoms with van der Waals surface area (Å²) in [6.45, 7) is 0. The SMILES string of the molecule is O=P([O-])([O-])[O-].O=P([O-])([O-])[O-].[OH4+2].[Zr+4]. The monoisotopic (exact) mass is 300 g/mol. The van der Waals surface area contributed by atoms with Gasteiger partial charge in [0.2, 0.25) is 0 Å². The van der Waals surface area contributed by atoms with Crippen LogP contribution in [0.2, 0.25) is 0 Å². The van der Waals surface area contributed by atoms with Crippen molar-refractivity contribution in [3.05, 3.63) is 0 Å². The Balaban J connectivity index is -0.0000000457. The van der Waals surface area contributed by atoms with Gasteiger partial charge in [-0.1, -0.05) is 0 Å². The summed E-state index contributed by atoms with van der Waals surface area (Å²) in [5.74, 6) is 0. The molecule has 0 heterocycles. The van der Waals surface area contributed by atoms with Gasteiger partial charge in [0, 0.05) is 0 Å². The third kappa shape index (κ3) is 991. The van der Waals surface area contributed by atoms with Gasteiger partial charge in [0.1, 0.15) is 0 Å². The second kappa shape index (κ2) is 8.65. The number of phosphoric acid groups is 2. The molecular weight excluding hydrogens is 297 g/mol. The quantitative estimate of drug-likeness (QED) is 0.391. The average molecular weight is 301 g/mol. The van der Waals surface area contributed by atoms with Crippen molar-refractivity contribution in [2.75, 3.05) is 0 Å². The smallest absolute Gasteiger partial charge is 0.873 e. The van der Waals surface area contributed by atoms with Crippen LogP contribution in [-0.2, 0) is 40.8 Å². The van der Waals surface area contributed by atoms with Crippen LogP contribution in [0.15, 0.2) is 0 Å². The van der Waals surface area contributed by atoms with Crippen molar-refractivity contribution in [1.82, 2.24) is 0 Å². The Morgan fingerprint density at radius 1 is 0.667 bits per heavy atom. The molecule has 0 radical (unpaired) electrons. The molecule has 12 heteroatoms. The molecule has 0 unspecified atom stereocenters. The molecule has 0 rings (SSSR count). The minimum Gasteiger partial charge on any atom is -0.873 e. The van der Waals surface area contributed by atoms with Gasteiger partial charge in [0.15, 0.2) is 0 Å². The van der Waals surface area contributed by atoms with Crippen LogP contribution in [0.25, 0.3) is 0 Å². The van der Waals surface area contributed by atoms with Crippen LogP contribution in [0.1, 0.15) is 0 Å². The first-order valence-electron chi connectivity index (χ1n) is 1.46. The van der Waals surface area contributed by atoms with Gasteiger partial charge in [-0.3, -0.25) is 0 Å². The van der Waals surface area contributed by atoms with Crippen molar-refractivity contribution < 1.29 is 70.2 Å². The molecule has 72 valence electrons. The Morgan fingerprint density at radius 2 is 0.667 bits per heavy atom. The maximum atomic E-state index is 8.55. The maximum Gasteiger partial charge on any atom is 4.00 e. The zero-order valence-corrected chi connectivity index (χ0v) is 9.61. The normalized spacial score (nSPS) is 9.83. The predicted octanol–water partition coefficient (Wildman–Crippen LogP) is -6.84. The largest absolute Gasteiger partial charge is 4.00 e. The van der Waals surface area contributed by atoms with E-state index in [0.717, 1.165) is 0 Å². The van der Waals surface area contributed by atoms with E-state index in [1.54, 1.807) is 0 Å². The molecule has 9 nitrogen and oxygen atoms in total. The van der Waals surface area contributed by atoms with Crippen molar-refractivity contribution in [2.45, 2.75) is 0 Å². The van der Waals surface area contributed by atoms with Gasteiger partial charge in [-0.25, -0.2) is 0 Å². The first kappa shape index (κ1) is 23.1. The van der Waals surface area contributed by atoms with Crippen molar-refractivity contribution in [2.24, 2.45) is 0 Å². The Kier molecular flexibility index (Phi) is 16.7. The summed E-state index contributed by atoms with van der Waals surface area (Å²) >= 11 is 0. The van der Waals surface area contributed by atoms with E-state index in [4.69, 9.17) is 38.5 Å². The van der Waals surface area contributed by atoms with E-state index in [1.807, 2.05) is 0 Å². The Morgan fingerprint density at radius 3 is 0.667 bits per heavy atom. The molecule has 0 aliphatic rings. The van der Waals surface area contributed by atoms with Crippen LogP contribution in [0.3, 0.4) is 0 Å². The zero-order valence-electron chi connectivity index (χ0n) is 5.37. The van der Waals surface area contributed by atoms with E-state index >= 15 is 0 Å². The van der Waals surface area contributed by atoms with Crippen LogP contribution in [0, 0.1) is 0 Å². The molecule has 0 fully saturated rings. The summed E-state index contributed by atoms with van der Waals surface area (Å²) in [5, 5.41) is 0. The zero-order chi connectivity index (χ0) is 9.00. The maximum absolute atomic E-state index is 8.55. The van der Waals surface area contributed by atoms with Gasteiger partial charge in [-0.05, 0) is 0 Å². The second-order valence-electron chi connectivity index (χ2n) is 0.894. The van der Waals surface area contributed by atoms with Gasteiger partial charge in [-0.2, -0.15) is 15.6 Å². The molecule has 4 N–H and O–H groups in total. The minimum absolute atomic E-state index is 0. The molecule has 0 spiro atoms. The van der Waals surface area contributed by atoms with Gasteiger partial charge in [0.25, 0.3) is 0 Å². The third-order valence-electron chi connectivity index (χ3n) is 0. The topological polar surface area (TPSA) is 207 Å². The van der Waals surface area contributed by atoms with Gasteiger partial charge in [-0.15, -0.1) is 0 Å². The first-order valence-corrected chi connectivity index (χ1v) is 4.38. The summed E-state index contributed by atoms with van der Waals surface area (Å²) in [6.07, 6.45) is 0.